The molecule has 1 N–H and O–H groups in total. The molecule has 0 spiro atoms. The zero-order valence-corrected chi connectivity index (χ0v) is 14.4. The molecular weight excluding hydrogens is 344 g/mol. The number of nitrogens with zero attached hydrogens (tertiary/aromatic N) is 4. The van der Waals surface area contributed by atoms with Crippen molar-refractivity contribution < 1.29 is 14.7 Å². The third-order valence-electron chi connectivity index (χ3n) is 4.13. The van der Waals surface area contributed by atoms with Gasteiger partial charge < -0.3 is 10.0 Å². The molecule has 0 saturated carbocycles. The minimum absolute atomic E-state index is 0.112. The van der Waals surface area contributed by atoms with Crippen molar-refractivity contribution in [3.05, 3.63) is 52.8 Å². The number of carbonyl (C=O) groups excluding carboxylic acids is 1. The third kappa shape index (κ3) is 4.58. The van der Waals surface area contributed by atoms with Crippen molar-refractivity contribution in [2.24, 2.45) is 0 Å². The van der Waals surface area contributed by atoms with E-state index in [0.29, 0.717) is 18.7 Å². The van der Waals surface area contributed by atoms with Gasteiger partial charge in [0.2, 0.25) is 0 Å². The SMILES string of the molecule is O=C(O)Cn1cc(C(=O)N2CCN(Cc3cccc(Cl)c3)CC2)cn1. The van der Waals surface area contributed by atoms with Crippen LogP contribution in [0.5, 0.6) is 0 Å². The van der Waals surface area contributed by atoms with Gasteiger partial charge in [-0.25, -0.2) is 0 Å². The molecule has 2 heterocycles. The summed E-state index contributed by atoms with van der Waals surface area (Å²) >= 11 is 6.01. The molecule has 3 rings (SSSR count). The Labute approximate surface area is 150 Å². The molecule has 0 unspecified atom stereocenters. The Morgan fingerprint density at radius 2 is 1.96 bits per heavy atom. The lowest BCUT2D eigenvalue weighted by Crippen LogP contribution is -2.48. The molecule has 1 saturated heterocycles. The summed E-state index contributed by atoms with van der Waals surface area (Å²) in [5.41, 5.74) is 1.58. The van der Waals surface area contributed by atoms with Crippen LogP contribution in [0.1, 0.15) is 15.9 Å². The third-order valence-corrected chi connectivity index (χ3v) is 4.37. The highest BCUT2D eigenvalue weighted by molar-refractivity contribution is 6.30. The van der Waals surface area contributed by atoms with Crippen molar-refractivity contribution in [1.82, 2.24) is 19.6 Å². The van der Waals surface area contributed by atoms with Crippen LogP contribution in [0.2, 0.25) is 5.02 Å². The fraction of sp³-hybridized carbons (Fsp3) is 0.353. The smallest absolute Gasteiger partial charge is 0.325 e. The van der Waals surface area contributed by atoms with Gasteiger partial charge in [-0.05, 0) is 17.7 Å². The van der Waals surface area contributed by atoms with E-state index in [0.717, 1.165) is 30.2 Å². The van der Waals surface area contributed by atoms with Gasteiger partial charge in [0.05, 0.1) is 11.8 Å². The second-order valence-electron chi connectivity index (χ2n) is 6.02. The lowest BCUT2D eigenvalue weighted by atomic mass is 10.2. The minimum atomic E-state index is -0.989. The predicted molar refractivity (Wildman–Crippen MR) is 92.5 cm³/mol. The lowest BCUT2D eigenvalue weighted by Gasteiger charge is -2.34. The number of halogens is 1. The standard InChI is InChI=1S/C17H19ClN4O3/c18-15-3-1-2-13(8-15)10-20-4-6-21(7-5-20)17(25)14-9-19-22(11-14)12-16(23)24/h1-3,8-9,11H,4-7,10,12H2,(H,23,24). The first kappa shape index (κ1) is 17.4. The molecule has 2 aromatic rings. The number of hydrogen-bond acceptors (Lipinski definition) is 4. The average Bonchev–Trinajstić information content (AvgIpc) is 3.02. The molecule has 1 aromatic carbocycles. The second-order valence-corrected chi connectivity index (χ2v) is 6.46. The van der Waals surface area contributed by atoms with Gasteiger partial charge in [-0.15, -0.1) is 0 Å². The number of aliphatic carboxylic acids is 1. The number of carboxylic acids is 1. The Morgan fingerprint density at radius 3 is 2.64 bits per heavy atom. The normalized spacial score (nSPS) is 15.3. The fourth-order valence-corrected chi connectivity index (χ4v) is 3.10. The van der Waals surface area contributed by atoms with E-state index in [2.05, 4.69) is 10.00 Å². The molecule has 1 amide bonds. The van der Waals surface area contributed by atoms with Gasteiger partial charge in [0.1, 0.15) is 6.54 Å². The first-order chi connectivity index (χ1) is 12.0. The molecule has 0 radical (unpaired) electrons. The Morgan fingerprint density at radius 1 is 1.20 bits per heavy atom. The molecule has 25 heavy (non-hydrogen) atoms. The summed E-state index contributed by atoms with van der Waals surface area (Å²) in [6.07, 6.45) is 2.90. The zero-order valence-electron chi connectivity index (χ0n) is 13.6. The van der Waals surface area contributed by atoms with Gasteiger partial charge in [-0.2, -0.15) is 5.10 Å². The maximum Gasteiger partial charge on any atom is 0.325 e. The first-order valence-corrected chi connectivity index (χ1v) is 8.39. The highest BCUT2D eigenvalue weighted by atomic mass is 35.5. The van der Waals surface area contributed by atoms with E-state index in [1.54, 1.807) is 4.90 Å². The molecule has 1 aromatic heterocycles. The fourth-order valence-electron chi connectivity index (χ4n) is 2.88. The predicted octanol–water partition coefficient (Wildman–Crippen LogP) is 1.58. The summed E-state index contributed by atoms with van der Waals surface area (Å²) in [6, 6.07) is 7.79. The van der Waals surface area contributed by atoms with Crippen LogP contribution in [0, 0.1) is 0 Å². The number of benzene rings is 1. The summed E-state index contributed by atoms with van der Waals surface area (Å²) in [4.78, 5) is 27.2. The molecule has 0 atom stereocenters. The van der Waals surface area contributed by atoms with Gasteiger partial charge in [0.25, 0.3) is 5.91 Å². The number of piperazine rings is 1. The molecular formula is C17H19ClN4O3. The van der Waals surface area contributed by atoms with Crippen molar-refractivity contribution >= 4 is 23.5 Å². The summed E-state index contributed by atoms with van der Waals surface area (Å²) in [5.74, 6) is -1.10. The van der Waals surface area contributed by atoms with Crippen LogP contribution in [0.25, 0.3) is 0 Å². The summed E-state index contributed by atoms with van der Waals surface area (Å²) in [6.45, 7) is 3.37. The van der Waals surface area contributed by atoms with Gasteiger partial charge in [-0.1, -0.05) is 23.7 Å². The van der Waals surface area contributed by atoms with Gasteiger partial charge in [0.15, 0.2) is 0 Å². The van der Waals surface area contributed by atoms with Crippen molar-refractivity contribution in [2.75, 3.05) is 26.2 Å². The highest BCUT2D eigenvalue weighted by Gasteiger charge is 2.23. The van der Waals surface area contributed by atoms with Gasteiger partial charge >= 0.3 is 5.97 Å². The summed E-state index contributed by atoms with van der Waals surface area (Å²) in [5, 5.41) is 13.4. The topological polar surface area (TPSA) is 78.7 Å². The molecule has 8 heteroatoms. The number of rotatable bonds is 5. The Balaban J connectivity index is 1.54. The average molecular weight is 363 g/mol. The second kappa shape index (κ2) is 7.67. The molecule has 1 aliphatic heterocycles. The highest BCUT2D eigenvalue weighted by Crippen LogP contribution is 2.15. The quantitative estimate of drug-likeness (QED) is 0.873. The monoisotopic (exact) mass is 362 g/mol. The molecule has 1 fully saturated rings. The number of amides is 1. The Bertz CT molecular complexity index is 769. The Hall–Kier alpha value is -2.38. The van der Waals surface area contributed by atoms with E-state index in [1.165, 1.54) is 17.1 Å². The van der Waals surface area contributed by atoms with Crippen LogP contribution in [-0.4, -0.2) is 62.7 Å². The number of hydrogen-bond donors (Lipinski definition) is 1. The first-order valence-electron chi connectivity index (χ1n) is 8.01. The van der Waals surface area contributed by atoms with Gasteiger partial charge in [0, 0.05) is 43.9 Å². The van der Waals surface area contributed by atoms with Crippen LogP contribution in [0.3, 0.4) is 0 Å². The largest absolute Gasteiger partial charge is 0.480 e. The Kier molecular flexibility index (Phi) is 5.35. The van der Waals surface area contributed by atoms with Crippen LogP contribution in [0.4, 0.5) is 0 Å². The van der Waals surface area contributed by atoms with E-state index in [1.807, 2.05) is 24.3 Å². The minimum Gasteiger partial charge on any atom is -0.480 e. The van der Waals surface area contributed by atoms with Crippen molar-refractivity contribution in [1.29, 1.82) is 0 Å². The van der Waals surface area contributed by atoms with Crippen LogP contribution in [0.15, 0.2) is 36.7 Å². The lowest BCUT2D eigenvalue weighted by molar-refractivity contribution is -0.137. The number of carboxylic acid groups (broad SMARTS) is 1. The number of aromatic nitrogens is 2. The maximum absolute atomic E-state index is 12.5. The molecule has 132 valence electrons. The van der Waals surface area contributed by atoms with Crippen molar-refractivity contribution in [3.63, 3.8) is 0 Å². The molecule has 0 bridgehead atoms. The van der Waals surface area contributed by atoms with E-state index in [4.69, 9.17) is 16.7 Å². The zero-order chi connectivity index (χ0) is 17.8. The van der Waals surface area contributed by atoms with E-state index in [9.17, 15) is 9.59 Å². The molecule has 1 aliphatic rings. The summed E-state index contributed by atoms with van der Waals surface area (Å²) < 4.78 is 1.25. The summed E-state index contributed by atoms with van der Waals surface area (Å²) in [7, 11) is 0. The van der Waals surface area contributed by atoms with Crippen LogP contribution in [-0.2, 0) is 17.9 Å². The maximum atomic E-state index is 12.5. The van der Waals surface area contributed by atoms with Crippen molar-refractivity contribution in [3.8, 4) is 0 Å². The van der Waals surface area contributed by atoms with Crippen LogP contribution >= 0.6 is 11.6 Å². The van der Waals surface area contributed by atoms with Crippen molar-refractivity contribution in [2.45, 2.75) is 13.1 Å². The molecule has 7 nitrogen and oxygen atoms in total. The number of carbonyl (C=O) groups is 2. The van der Waals surface area contributed by atoms with E-state index >= 15 is 0 Å². The molecule has 0 aliphatic carbocycles. The van der Waals surface area contributed by atoms with E-state index in [-0.39, 0.29) is 12.5 Å². The van der Waals surface area contributed by atoms with Gasteiger partial charge in [-0.3, -0.25) is 19.2 Å². The van der Waals surface area contributed by atoms with E-state index < -0.39 is 5.97 Å². The van der Waals surface area contributed by atoms with Crippen LogP contribution < -0.4 is 0 Å².